The minimum absolute atomic E-state index is 0.159. The Labute approximate surface area is 303 Å². The number of anilines is 2. The van der Waals surface area contributed by atoms with E-state index in [4.69, 9.17) is 9.47 Å². The number of aryl methyl sites for hydroxylation is 1. The van der Waals surface area contributed by atoms with Gasteiger partial charge in [-0.25, -0.2) is 4.79 Å². The van der Waals surface area contributed by atoms with Gasteiger partial charge < -0.3 is 19.3 Å². The van der Waals surface area contributed by atoms with Crippen LogP contribution in [0, 0.1) is 31.1 Å². The predicted octanol–water partition coefficient (Wildman–Crippen LogP) is 9.18. The number of amides is 2. The summed E-state index contributed by atoms with van der Waals surface area (Å²) >= 11 is 0. The number of ether oxygens (including phenoxy) is 2. The summed E-state index contributed by atoms with van der Waals surface area (Å²) in [5, 5.41) is 0. The summed E-state index contributed by atoms with van der Waals surface area (Å²) in [5.74, 6) is 0.775. The summed E-state index contributed by atoms with van der Waals surface area (Å²) in [6.07, 6.45) is 5.43. The molecule has 1 aliphatic heterocycles. The fourth-order valence-corrected chi connectivity index (χ4v) is 6.31. The van der Waals surface area contributed by atoms with Crippen LogP contribution < -0.4 is 14.5 Å². The molecule has 278 valence electrons. The van der Waals surface area contributed by atoms with Crippen molar-refractivity contribution in [3.63, 3.8) is 0 Å². The van der Waals surface area contributed by atoms with Gasteiger partial charge >= 0.3 is 6.09 Å². The molecular formula is C42H66N4O4. The number of piperazine rings is 1. The van der Waals surface area contributed by atoms with Crippen molar-refractivity contribution in [2.45, 2.75) is 108 Å². The Morgan fingerprint density at radius 1 is 0.960 bits per heavy atom. The fourth-order valence-electron chi connectivity index (χ4n) is 6.31. The van der Waals surface area contributed by atoms with Gasteiger partial charge in [-0.15, -0.1) is 0 Å². The lowest BCUT2D eigenvalue weighted by atomic mass is 9.75. The van der Waals surface area contributed by atoms with Crippen molar-refractivity contribution in [1.82, 2.24) is 9.80 Å². The molecule has 0 aromatic heterocycles. The van der Waals surface area contributed by atoms with Crippen LogP contribution in [0.1, 0.15) is 98.8 Å². The molecular weight excluding hydrogens is 624 g/mol. The lowest BCUT2D eigenvalue weighted by Gasteiger charge is -2.48. The minimum Gasteiger partial charge on any atom is -0.494 e. The van der Waals surface area contributed by atoms with Gasteiger partial charge in [0, 0.05) is 55.9 Å². The maximum absolute atomic E-state index is 14.0. The molecule has 3 rings (SSSR count). The molecule has 2 amide bonds. The first kappa shape index (κ1) is 40.9. The van der Waals surface area contributed by atoms with E-state index in [-0.39, 0.29) is 17.3 Å². The summed E-state index contributed by atoms with van der Waals surface area (Å²) < 4.78 is 12.5. The van der Waals surface area contributed by atoms with Gasteiger partial charge in [0.25, 0.3) is 0 Å². The third-order valence-corrected chi connectivity index (χ3v) is 10.5. The maximum atomic E-state index is 14.0. The van der Waals surface area contributed by atoms with Gasteiger partial charge in [-0.2, -0.15) is 0 Å². The summed E-state index contributed by atoms with van der Waals surface area (Å²) in [5.41, 5.74) is 4.91. The zero-order valence-electron chi connectivity index (χ0n) is 33.2. The first-order valence-electron chi connectivity index (χ1n) is 18.7. The van der Waals surface area contributed by atoms with Gasteiger partial charge in [-0.05, 0) is 100 Å². The largest absolute Gasteiger partial charge is 0.494 e. The lowest BCUT2D eigenvalue weighted by molar-refractivity contribution is -0.110. The Bertz CT molecular complexity index is 1420. The van der Waals surface area contributed by atoms with Gasteiger partial charge in [0.15, 0.2) is 6.23 Å². The van der Waals surface area contributed by atoms with Crippen molar-refractivity contribution >= 4 is 30.0 Å². The number of nitrogens with zero attached hydrogens (tertiary/aromatic N) is 4. The summed E-state index contributed by atoms with van der Waals surface area (Å²) in [4.78, 5) is 35.2. The summed E-state index contributed by atoms with van der Waals surface area (Å²) in [6, 6.07) is 12.4. The highest BCUT2D eigenvalue weighted by Gasteiger charge is 2.43. The average Bonchev–Trinajstić information content (AvgIpc) is 3.05. The molecule has 8 heteroatoms. The number of hydrogen-bond acceptors (Lipinski definition) is 6. The molecule has 0 aliphatic carbocycles. The molecule has 0 saturated carbocycles. The third kappa shape index (κ3) is 10.5. The van der Waals surface area contributed by atoms with Gasteiger partial charge in [0.1, 0.15) is 5.75 Å². The minimum atomic E-state index is -0.806. The lowest BCUT2D eigenvalue weighted by Crippen LogP contribution is -2.58. The maximum Gasteiger partial charge on any atom is 0.412 e. The van der Waals surface area contributed by atoms with Crippen LogP contribution in [0.15, 0.2) is 42.5 Å². The SMILES string of the molecule is C/C=C\c1ccc(OCCCCN2CCN(c3cccc(C)c3C)CC2)cc1N(C=O)C(OC(=O)N(CC(C)C)C(C)(C)C(C)(C)C)C(C)C. The van der Waals surface area contributed by atoms with Gasteiger partial charge in [-0.3, -0.25) is 14.6 Å². The molecule has 0 spiro atoms. The molecule has 1 fully saturated rings. The topological polar surface area (TPSA) is 65.6 Å². The Balaban J connectivity index is 1.66. The predicted molar refractivity (Wildman–Crippen MR) is 209 cm³/mol. The smallest absolute Gasteiger partial charge is 0.412 e. The van der Waals surface area contributed by atoms with Crippen LogP contribution in [-0.4, -0.2) is 79.9 Å². The van der Waals surface area contributed by atoms with Crippen LogP contribution in [0.5, 0.6) is 5.75 Å². The van der Waals surface area contributed by atoms with E-state index in [0.717, 1.165) is 57.5 Å². The molecule has 0 N–H and O–H groups in total. The van der Waals surface area contributed by atoms with Crippen molar-refractivity contribution in [2.24, 2.45) is 17.3 Å². The summed E-state index contributed by atoms with van der Waals surface area (Å²) in [7, 11) is 0. The first-order chi connectivity index (χ1) is 23.5. The number of benzene rings is 2. The van der Waals surface area contributed by atoms with Gasteiger partial charge in [0.05, 0.1) is 12.3 Å². The molecule has 50 heavy (non-hydrogen) atoms. The molecule has 1 saturated heterocycles. The van der Waals surface area contributed by atoms with Crippen LogP contribution in [0.4, 0.5) is 16.2 Å². The number of allylic oxidation sites excluding steroid dienone is 1. The molecule has 2 aromatic carbocycles. The second-order valence-corrected chi connectivity index (χ2v) is 16.2. The highest BCUT2D eigenvalue weighted by Crippen LogP contribution is 2.37. The number of carbonyl (C=O) groups excluding carboxylic acids is 2. The standard InChI is InChI=1S/C42H66N4O4/c1-13-17-35-20-21-36(49-27-15-14-22-43-23-25-44(26-24-43)37-19-16-18-33(6)34(37)7)28-38(35)45(30-47)39(32(4)5)50-40(48)46(29-31(2)3)42(11,12)41(8,9)10/h13,16-21,28,30-32,39H,14-15,22-27,29H2,1-12H3/b17-13-. The van der Waals surface area contributed by atoms with Crippen molar-refractivity contribution < 1.29 is 19.1 Å². The number of rotatable bonds is 16. The summed E-state index contributed by atoms with van der Waals surface area (Å²) in [6.45, 7) is 31.5. The van der Waals surface area contributed by atoms with E-state index in [2.05, 4.69) is 90.3 Å². The van der Waals surface area contributed by atoms with E-state index in [9.17, 15) is 9.59 Å². The van der Waals surface area contributed by atoms with Gasteiger partial charge in [0.2, 0.25) is 6.41 Å². The van der Waals surface area contributed by atoms with Crippen LogP contribution in [-0.2, 0) is 9.53 Å². The van der Waals surface area contributed by atoms with Crippen molar-refractivity contribution in [3.05, 3.63) is 59.2 Å². The van der Waals surface area contributed by atoms with E-state index < -0.39 is 17.9 Å². The van der Waals surface area contributed by atoms with Crippen LogP contribution >= 0.6 is 0 Å². The molecule has 0 radical (unpaired) electrons. The number of carbonyl (C=O) groups is 2. The fraction of sp³-hybridized carbons (Fsp3) is 0.619. The molecule has 1 aliphatic rings. The molecule has 2 aromatic rings. The second kappa shape index (κ2) is 18.1. The Morgan fingerprint density at radius 2 is 1.64 bits per heavy atom. The zero-order valence-corrected chi connectivity index (χ0v) is 33.2. The van der Waals surface area contributed by atoms with E-state index >= 15 is 0 Å². The van der Waals surface area contributed by atoms with E-state index in [1.165, 1.54) is 16.8 Å². The monoisotopic (exact) mass is 691 g/mol. The third-order valence-electron chi connectivity index (χ3n) is 10.5. The van der Waals surface area contributed by atoms with Crippen LogP contribution in [0.2, 0.25) is 0 Å². The Kier molecular flexibility index (Phi) is 14.8. The van der Waals surface area contributed by atoms with E-state index in [0.29, 0.717) is 24.6 Å². The highest BCUT2D eigenvalue weighted by molar-refractivity contribution is 5.83. The second-order valence-electron chi connectivity index (χ2n) is 16.2. The molecule has 1 unspecified atom stereocenters. The van der Waals surface area contributed by atoms with Crippen LogP contribution in [0.25, 0.3) is 6.08 Å². The Hall–Kier alpha value is -3.52. The van der Waals surface area contributed by atoms with Crippen molar-refractivity contribution in [2.75, 3.05) is 55.7 Å². The molecule has 1 atom stereocenters. The highest BCUT2D eigenvalue weighted by atomic mass is 16.6. The Morgan fingerprint density at radius 3 is 2.22 bits per heavy atom. The molecule has 8 nitrogen and oxygen atoms in total. The van der Waals surface area contributed by atoms with Crippen molar-refractivity contribution in [1.29, 1.82) is 0 Å². The van der Waals surface area contributed by atoms with E-state index in [1.54, 1.807) is 4.90 Å². The zero-order chi connectivity index (χ0) is 37.2. The first-order valence-corrected chi connectivity index (χ1v) is 18.7. The number of unbranched alkanes of at least 4 members (excludes halogenated alkanes) is 1. The average molecular weight is 691 g/mol. The normalized spacial score (nSPS) is 15.1. The van der Waals surface area contributed by atoms with E-state index in [1.807, 2.05) is 56.0 Å². The van der Waals surface area contributed by atoms with Gasteiger partial charge in [-0.1, -0.05) is 72.8 Å². The molecule has 0 bridgehead atoms. The number of hydrogen-bond donors (Lipinski definition) is 0. The van der Waals surface area contributed by atoms with Crippen molar-refractivity contribution in [3.8, 4) is 5.75 Å². The quantitative estimate of drug-likeness (QED) is 0.0995. The molecule has 1 heterocycles. The van der Waals surface area contributed by atoms with Crippen LogP contribution in [0.3, 0.4) is 0 Å².